The lowest BCUT2D eigenvalue weighted by atomic mass is 10.1. The van der Waals surface area contributed by atoms with Crippen LogP contribution >= 0.6 is 0 Å². The molecule has 2 aromatic carbocycles. The van der Waals surface area contributed by atoms with E-state index < -0.39 is 0 Å². The zero-order valence-electron chi connectivity index (χ0n) is 12.0. The minimum atomic E-state index is 0.429. The van der Waals surface area contributed by atoms with Crippen LogP contribution in [0.3, 0.4) is 0 Å². The summed E-state index contributed by atoms with van der Waals surface area (Å²) >= 11 is 0. The lowest BCUT2D eigenvalue weighted by molar-refractivity contribution is 0.0443. The van der Waals surface area contributed by atoms with E-state index >= 15 is 0 Å². The van der Waals surface area contributed by atoms with Crippen LogP contribution in [0.15, 0.2) is 42.5 Å². The molecule has 0 unspecified atom stereocenters. The Bertz CT molecular complexity index is 646. The highest BCUT2D eigenvalue weighted by molar-refractivity contribution is 5.88. The van der Waals surface area contributed by atoms with E-state index in [9.17, 15) is 0 Å². The Hall–Kier alpha value is -2.02. The number of rotatable bonds is 3. The van der Waals surface area contributed by atoms with E-state index in [1.807, 2.05) is 24.3 Å². The first-order chi connectivity index (χ1) is 10.4. The van der Waals surface area contributed by atoms with Gasteiger partial charge in [0, 0.05) is 18.5 Å². The number of fused-ring (bicyclic) bond motifs is 1. The van der Waals surface area contributed by atoms with E-state index in [0.29, 0.717) is 6.61 Å². The predicted molar refractivity (Wildman–Crippen MR) is 84.5 cm³/mol. The van der Waals surface area contributed by atoms with Crippen molar-refractivity contribution < 1.29 is 9.47 Å². The monoisotopic (exact) mass is 281 g/mol. The van der Waals surface area contributed by atoms with E-state index in [1.165, 1.54) is 5.39 Å². The predicted octanol–water partition coefficient (Wildman–Crippen LogP) is 2.55. The van der Waals surface area contributed by atoms with Crippen molar-refractivity contribution in [2.45, 2.75) is 0 Å². The molecule has 1 saturated heterocycles. The fourth-order valence-corrected chi connectivity index (χ4v) is 2.41. The highest BCUT2D eigenvalue weighted by Crippen LogP contribution is 2.24. The second kappa shape index (κ2) is 7.12. The molecule has 1 heterocycles. The molecule has 0 amide bonds. The molecule has 21 heavy (non-hydrogen) atoms. The Morgan fingerprint density at radius 1 is 1.00 bits per heavy atom. The normalized spacial score (nSPS) is 15.4. The molecule has 0 aliphatic carbocycles. The molecule has 0 N–H and O–H groups in total. The second-order valence-corrected chi connectivity index (χ2v) is 5.01. The Balaban J connectivity index is 1.55. The molecule has 1 aliphatic rings. The van der Waals surface area contributed by atoms with Crippen LogP contribution in [-0.4, -0.2) is 44.4 Å². The largest absolute Gasteiger partial charge is 0.480 e. The molecule has 0 saturated carbocycles. The smallest absolute Gasteiger partial charge is 0.149 e. The summed E-state index contributed by atoms with van der Waals surface area (Å²) in [5.74, 6) is 7.16. The molecule has 0 radical (unpaired) electrons. The molecule has 0 spiro atoms. The summed E-state index contributed by atoms with van der Waals surface area (Å²) in [6.45, 7) is 4.79. The number of morpholine rings is 1. The molecule has 1 aliphatic heterocycles. The number of hydrogen-bond acceptors (Lipinski definition) is 3. The third-order valence-corrected chi connectivity index (χ3v) is 3.58. The van der Waals surface area contributed by atoms with Crippen molar-refractivity contribution in [3.63, 3.8) is 0 Å². The van der Waals surface area contributed by atoms with Gasteiger partial charge in [-0.15, -0.1) is 0 Å². The lowest BCUT2D eigenvalue weighted by Crippen LogP contribution is -2.36. The first-order valence-electron chi connectivity index (χ1n) is 7.30. The number of ether oxygens (including phenoxy) is 2. The fourth-order valence-electron chi connectivity index (χ4n) is 2.41. The zero-order chi connectivity index (χ0) is 14.3. The second-order valence-electron chi connectivity index (χ2n) is 5.01. The zero-order valence-corrected chi connectivity index (χ0v) is 12.0. The van der Waals surface area contributed by atoms with Gasteiger partial charge in [0.05, 0.1) is 19.8 Å². The van der Waals surface area contributed by atoms with Crippen LogP contribution in [0, 0.1) is 11.8 Å². The van der Waals surface area contributed by atoms with Crippen molar-refractivity contribution in [2.75, 3.05) is 39.5 Å². The molecule has 1 fully saturated rings. The van der Waals surface area contributed by atoms with Gasteiger partial charge in [-0.25, -0.2) is 0 Å². The minimum absolute atomic E-state index is 0.429. The van der Waals surface area contributed by atoms with Crippen LogP contribution in [0.25, 0.3) is 10.8 Å². The van der Waals surface area contributed by atoms with Crippen LogP contribution in [0.4, 0.5) is 0 Å². The highest BCUT2D eigenvalue weighted by atomic mass is 16.5. The van der Waals surface area contributed by atoms with Gasteiger partial charge < -0.3 is 9.47 Å². The SMILES string of the molecule is C(#CCN1CCOCC1)COc1cccc2ccccc12. The van der Waals surface area contributed by atoms with Crippen molar-refractivity contribution in [1.82, 2.24) is 4.90 Å². The molecule has 3 heteroatoms. The van der Waals surface area contributed by atoms with Gasteiger partial charge in [-0.3, -0.25) is 4.90 Å². The summed E-state index contributed by atoms with van der Waals surface area (Å²) in [4.78, 5) is 2.30. The standard InChI is InChI=1S/C18H19NO2/c1-2-8-17-16(6-1)7-5-9-18(17)21-13-4-3-10-19-11-14-20-15-12-19/h1-2,5-9H,10-15H2. The number of hydrogen-bond donors (Lipinski definition) is 0. The Morgan fingerprint density at radius 2 is 1.81 bits per heavy atom. The topological polar surface area (TPSA) is 21.7 Å². The lowest BCUT2D eigenvalue weighted by Gasteiger charge is -2.24. The third-order valence-electron chi connectivity index (χ3n) is 3.58. The van der Waals surface area contributed by atoms with Gasteiger partial charge in [-0.1, -0.05) is 48.2 Å². The summed E-state index contributed by atoms with van der Waals surface area (Å²) in [5, 5.41) is 2.33. The summed E-state index contributed by atoms with van der Waals surface area (Å²) < 4.78 is 11.1. The average molecular weight is 281 g/mol. The Kier molecular flexibility index (Phi) is 4.73. The molecule has 0 bridgehead atoms. The fraction of sp³-hybridized carbons (Fsp3) is 0.333. The van der Waals surface area contributed by atoms with Gasteiger partial charge in [-0.2, -0.15) is 0 Å². The highest BCUT2D eigenvalue weighted by Gasteiger charge is 2.07. The first kappa shape index (κ1) is 13.9. The van der Waals surface area contributed by atoms with Crippen molar-refractivity contribution in [1.29, 1.82) is 0 Å². The Labute approximate surface area is 125 Å². The molecular formula is C18H19NO2. The van der Waals surface area contributed by atoms with Crippen LogP contribution in [0.5, 0.6) is 5.75 Å². The maximum atomic E-state index is 5.79. The molecule has 3 rings (SSSR count). The van der Waals surface area contributed by atoms with E-state index in [0.717, 1.165) is 44.0 Å². The third kappa shape index (κ3) is 3.75. The van der Waals surface area contributed by atoms with E-state index in [1.54, 1.807) is 0 Å². The van der Waals surface area contributed by atoms with E-state index in [4.69, 9.17) is 9.47 Å². The summed E-state index contributed by atoms with van der Waals surface area (Å²) in [6, 6.07) is 14.3. The minimum Gasteiger partial charge on any atom is -0.480 e. The van der Waals surface area contributed by atoms with Gasteiger partial charge in [0.2, 0.25) is 0 Å². The van der Waals surface area contributed by atoms with Crippen molar-refractivity contribution in [2.24, 2.45) is 0 Å². The van der Waals surface area contributed by atoms with Crippen molar-refractivity contribution >= 4 is 10.8 Å². The summed E-state index contributed by atoms with van der Waals surface area (Å²) in [7, 11) is 0. The molecular weight excluding hydrogens is 262 g/mol. The maximum absolute atomic E-state index is 5.79. The molecule has 0 aromatic heterocycles. The van der Waals surface area contributed by atoms with Gasteiger partial charge in [0.25, 0.3) is 0 Å². The average Bonchev–Trinajstić information content (AvgIpc) is 2.56. The molecule has 2 aromatic rings. The van der Waals surface area contributed by atoms with Gasteiger partial charge in [0.1, 0.15) is 12.4 Å². The number of nitrogens with zero attached hydrogens (tertiary/aromatic N) is 1. The van der Waals surface area contributed by atoms with Gasteiger partial charge >= 0.3 is 0 Å². The Morgan fingerprint density at radius 3 is 2.71 bits per heavy atom. The van der Waals surface area contributed by atoms with Crippen LogP contribution in [0.2, 0.25) is 0 Å². The van der Waals surface area contributed by atoms with E-state index in [-0.39, 0.29) is 0 Å². The van der Waals surface area contributed by atoms with Crippen LogP contribution in [0.1, 0.15) is 0 Å². The molecule has 3 nitrogen and oxygen atoms in total. The number of benzene rings is 2. The molecule has 108 valence electrons. The van der Waals surface area contributed by atoms with Crippen molar-refractivity contribution in [3.05, 3.63) is 42.5 Å². The summed E-state index contributed by atoms with van der Waals surface area (Å²) in [5.41, 5.74) is 0. The first-order valence-corrected chi connectivity index (χ1v) is 7.30. The quantitative estimate of drug-likeness (QED) is 0.807. The van der Waals surface area contributed by atoms with Crippen LogP contribution in [-0.2, 0) is 4.74 Å². The van der Waals surface area contributed by atoms with Gasteiger partial charge in [-0.05, 0) is 11.5 Å². The molecule has 0 atom stereocenters. The van der Waals surface area contributed by atoms with E-state index in [2.05, 4.69) is 34.9 Å². The summed E-state index contributed by atoms with van der Waals surface area (Å²) in [6.07, 6.45) is 0. The van der Waals surface area contributed by atoms with Crippen LogP contribution < -0.4 is 4.74 Å². The van der Waals surface area contributed by atoms with Gasteiger partial charge in [0.15, 0.2) is 0 Å². The maximum Gasteiger partial charge on any atom is 0.149 e. The van der Waals surface area contributed by atoms with Crippen molar-refractivity contribution in [3.8, 4) is 17.6 Å².